The number of rotatable bonds is 0. The molecule has 0 spiro atoms. The second-order valence-electron chi connectivity index (χ2n) is 4.46. The molecule has 32 heavy (non-hydrogen) atoms. The van der Waals surface area contributed by atoms with Crippen LogP contribution in [0.1, 0.15) is 26.6 Å². The molecule has 0 aliphatic carbocycles. The Bertz CT molecular complexity index is 540. The van der Waals surface area contributed by atoms with Gasteiger partial charge in [-0.15, -0.1) is 0 Å². The van der Waals surface area contributed by atoms with Crippen LogP contribution < -0.4 is 17.2 Å². The Balaban J connectivity index is -0.0000000156. The van der Waals surface area contributed by atoms with E-state index in [1.165, 1.54) is 0 Å². The quantitative estimate of drug-likeness (QED) is 0.467. The van der Waals surface area contributed by atoms with Crippen LogP contribution in [-0.4, -0.2) is 6.79 Å². The maximum atomic E-state index is 8.00. The van der Waals surface area contributed by atoms with Crippen molar-refractivity contribution in [3.63, 3.8) is 0 Å². The summed E-state index contributed by atoms with van der Waals surface area (Å²) in [6.07, 6.45) is 0. The smallest absolute Gasteiger partial charge is 1.00 e. The SMILES string of the molecule is C.C.C.C=O.[C].[C].[C].[H+].[H+].[H+].[NH3+]c1ccccc1.[NH3+]c1ccccc1.[NH3+]c1ccccc1.[O-2].[O-2].[O-2]. The first-order valence-corrected chi connectivity index (χ1v) is 7.08. The molecule has 3 rings (SSSR count). The highest BCUT2D eigenvalue weighted by Gasteiger charge is 1.78. The predicted octanol–water partition coefficient (Wildman–Crippen LogP) is 3.63. The molecule has 0 aromatic heterocycles. The minimum atomic E-state index is 0. The third kappa shape index (κ3) is 41.5. The van der Waals surface area contributed by atoms with Crippen LogP contribution in [0.15, 0.2) is 91.0 Å². The Morgan fingerprint density at radius 2 is 0.562 bits per heavy atom. The molecule has 0 aliphatic heterocycles. The summed E-state index contributed by atoms with van der Waals surface area (Å²) in [5.41, 5.74) is 14.4. The summed E-state index contributed by atoms with van der Waals surface area (Å²) in [5.74, 6) is 0. The molecular formula is C25H41N3O4. The number of carbonyl (C=O) groups is 1. The second kappa shape index (κ2) is 46.3. The summed E-state index contributed by atoms with van der Waals surface area (Å²) < 4.78 is 0. The Labute approximate surface area is 202 Å². The van der Waals surface area contributed by atoms with E-state index >= 15 is 0 Å². The molecule has 3 aromatic rings. The normalized spacial score (nSPS) is 5.84. The fourth-order valence-electron chi connectivity index (χ4n) is 1.43. The number of hydrogen-bond acceptors (Lipinski definition) is 1. The van der Waals surface area contributed by atoms with E-state index in [9.17, 15) is 0 Å². The Morgan fingerprint density at radius 3 is 0.625 bits per heavy atom. The summed E-state index contributed by atoms with van der Waals surface area (Å²) in [6.45, 7) is 2.00. The first-order chi connectivity index (χ1) is 11.2. The zero-order valence-electron chi connectivity index (χ0n) is 19.1. The molecule has 0 fully saturated rings. The molecule has 0 amide bonds. The van der Waals surface area contributed by atoms with Gasteiger partial charge in [-0.05, 0) is 36.4 Å². The summed E-state index contributed by atoms with van der Waals surface area (Å²) in [4.78, 5) is 8.00. The van der Waals surface area contributed by atoms with Gasteiger partial charge in [0.1, 0.15) is 23.9 Å². The predicted molar refractivity (Wildman–Crippen MR) is 129 cm³/mol. The third-order valence-electron chi connectivity index (χ3n) is 2.53. The van der Waals surface area contributed by atoms with E-state index in [4.69, 9.17) is 4.79 Å². The lowest BCUT2D eigenvalue weighted by molar-refractivity contribution is -0.255. The monoisotopic (exact) mass is 447 g/mol. The van der Waals surface area contributed by atoms with Gasteiger partial charge in [-0.3, -0.25) is 0 Å². The fourth-order valence-corrected chi connectivity index (χ4v) is 1.43. The highest BCUT2D eigenvalue weighted by atomic mass is 16.1. The molecule has 7 nitrogen and oxygen atoms in total. The van der Waals surface area contributed by atoms with Gasteiger partial charge >= 0.3 is 4.28 Å². The van der Waals surface area contributed by atoms with Crippen LogP contribution in [0.2, 0.25) is 0 Å². The van der Waals surface area contributed by atoms with Crippen molar-refractivity contribution in [2.45, 2.75) is 22.3 Å². The maximum Gasteiger partial charge on any atom is 1.00 e. The van der Waals surface area contributed by atoms with E-state index in [2.05, 4.69) is 17.2 Å². The van der Waals surface area contributed by atoms with Gasteiger partial charge in [-0.2, -0.15) is 0 Å². The van der Waals surface area contributed by atoms with Crippen LogP contribution in [0.5, 0.6) is 0 Å². The molecule has 12 radical (unpaired) electrons. The second-order valence-corrected chi connectivity index (χ2v) is 4.46. The summed E-state index contributed by atoms with van der Waals surface area (Å²) >= 11 is 0. The van der Waals surface area contributed by atoms with Crippen LogP contribution in [0.4, 0.5) is 17.1 Å². The fraction of sp³-hybridized carbons (Fsp3) is 0.120. The van der Waals surface area contributed by atoms with Crippen molar-refractivity contribution in [3.8, 4) is 0 Å². The number of hydrogen-bond donors (Lipinski definition) is 3. The van der Waals surface area contributed by atoms with Crippen molar-refractivity contribution < 1.29 is 42.7 Å². The average Bonchev–Trinajstić information content (AvgIpc) is 2.60. The number of benzene rings is 3. The Morgan fingerprint density at radius 1 is 0.438 bits per heavy atom. The molecule has 9 N–H and O–H groups in total. The lowest BCUT2D eigenvalue weighted by Gasteiger charge is -2.00. The molecule has 0 unspecified atom stereocenters. The highest BCUT2D eigenvalue weighted by Crippen LogP contribution is 1.94. The maximum absolute atomic E-state index is 8.00. The van der Waals surface area contributed by atoms with Crippen LogP contribution >= 0.6 is 0 Å². The Hall–Kier alpha value is -2.91. The molecule has 0 atom stereocenters. The van der Waals surface area contributed by atoms with E-state index in [0.717, 1.165) is 17.1 Å². The lowest BCUT2D eigenvalue weighted by atomic mass is 10.3. The number of quaternary nitrogens is 3. The van der Waals surface area contributed by atoms with Crippen molar-refractivity contribution in [1.29, 1.82) is 0 Å². The largest absolute Gasteiger partial charge is 2.00 e. The van der Waals surface area contributed by atoms with Gasteiger partial charge < -0.3 is 38.4 Å². The topological polar surface area (TPSA) is 185 Å². The third-order valence-corrected chi connectivity index (χ3v) is 2.53. The van der Waals surface area contributed by atoms with Crippen molar-refractivity contribution in [3.05, 3.63) is 113 Å². The van der Waals surface area contributed by atoms with Crippen molar-refractivity contribution in [1.82, 2.24) is 0 Å². The van der Waals surface area contributed by atoms with E-state index < -0.39 is 0 Å². The average molecular weight is 448 g/mol. The van der Waals surface area contributed by atoms with Crippen molar-refractivity contribution in [2.75, 3.05) is 0 Å². The molecule has 0 bridgehead atoms. The van der Waals surface area contributed by atoms with Crippen LogP contribution in [0.3, 0.4) is 0 Å². The number of carbonyl (C=O) groups excluding carboxylic acids is 1. The first-order valence-electron chi connectivity index (χ1n) is 7.08. The summed E-state index contributed by atoms with van der Waals surface area (Å²) in [6, 6.07) is 29.6. The van der Waals surface area contributed by atoms with Gasteiger partial charge in [0.15, 0.2) is 0 Å². The standard InChI is InChI=1S/3C6H7N.CH2O.3CH4.3C.3O/c3*7-6-4-2-1-3-5-6;1-2;;;;;;;;;/h3*1-5H,7H2;1H2;3*1H4;;;;;;/q;;;;;;;;;;3*-2/p+6. The van der Waals surface area contributed by atoms with Gasteiger partial charge in [0.25, 0.3) is 0 Å². The molecule has 0 heterocycles. The van der Waals surface area contributed by atoms with Crippen LogP contribution in [-0.2, 0) is 21.2 Å². The van der Waals surface area contributed by atoms with Gasteiger partial charge in [-0.1, -0.05) is 76.9 Å². The molecule has 180 valence electrons. The molecule has 0 aliphatic rings. The minimum Gasteiger partial charge on any atom is -2.00 e. The first kappa shape index (κ1) is 63.0. The molecule has 0 saturated carbocycles. The summed E-state index contributed by atoms with van der Waals surface area (Å²) in [5, 5.41) is 0. The van der Waals surface area contributed by atoms with Crippen LogP contribution in [0.25, 0.3) is 0 Å². The summed E-state index contributed by atoms with van der Waals surface area (Å²) in [7, 11) is 0. The van der Waals surface area contributed by atoms with Gasteiger partial charge in [0.05, 0.1) is 0 Å². The van der Waals surface area contributed by atoms with E-state index in [-0.39, 0.29) is 65.3 Å². The Kier molecular flexibility index (Phi) is 91.2. The van der Waals surface area contributed by atoms with Gasteiger partial charge in [-0.25, -0.2) is 0 Å². The lowest BCUT2D eigenvalue weighted by Crippen LogP contribution is -2.39. The van der Waals surface area contributed by atoms with E-state index in [1.54, 1.807) is 0 Å². The van der Waals surface area contributed by atoms with Gasteiger partial charge in [0.2, 0.25) is 0 Å². The van der Waals surface area contributed by atoms with E-state index in [0.29, 0.717) is 0 Å². The highest BCUT2D eigenvalue weighted by molar-refractivity contribution is 5.26. The van der Waals surface area contributed by atoms with Crippen molar-refractivity contribution in [2.24, 2.45) is 0 Å². The molecule has 3 aromatic carbocycles. The minimum absolute atomic E-state index is 0. The van der Waals surface area contributed by atoms with Gasteiger partial charge in [0, 0.05) is 22.3 Å². The van der Waals surface area contributed by atoms with Crippen molar-refractivity contribution >= 4 is 23.9 Å². The zero-order valence-corrected chi connectivity index (χ0v) is 16.1. The molecular weight excluding hydrogens is 406 g/mol. The van der Waals surface area contributed by atoms with Crippen LogP contribution in [0, 0.1) is 22.3 Å². The zero-order chi connectivity index (χ0) is 17.3. The molecule has 7 heteroatoms. The van der Waals surface area contributed by atoms with E-state index in [1.807, 2.05) is 97.8 Å². The molecule has 0 saturated heterocycles.